The second kappa shape index (κ2) is 7.07. The highest BCUT2D eigenvalue weighted by Gasteiger charge is 2.06. The van der Waals surface area contributed by atoms with Crippen LogP contribution in [0, 0.1) is 6.92 Å². The molecular weight excluding hydrogens is 212 g/mol. The Balaban J connectivity index is 2.28. The Labute approximate surface area is 103 Å². The Morgan fingerprint density at radius 3 is 2.71 bits per heavy atom. The molecule has 1 aromatic carbocycles. The van der Waals surface area contributed by atoms with Crippen LogP contribution in [0.2, 0.25) is 0 Å². The van der Waals surface area contributed by atoms with Gasteiger partial charge in [0.1, 0.15) is 0 Å². The third kappa shape index (κ3) is 5.00. The fourth-order valence-electron chi connectivity index (χ4n) is 1.93. The molecule has 0 spiro atoms. The predicted octanol–water partition coefficient (Wildman–Crippen LogP) is 2.30. The summed E-state index contributed by atoms with van der Waals surface area (Å²) in [6.07, 6.45) is 2.34. The van der Waals surface area contributed by atoms with E-state index in [1.165, 1.54) is 11.1 Å². The van der Waals surface area contributed by atoms with Crippen molar-refractivity contribution in [3.63, 3.8) is 0 Å². The number of hydrogen-bond acceptors (Lipinski definition) is 2. The highest BCUT2D eigenvalue weighted by molar-refractivity contribution is 5.73. The van der Waals surface area contributed by atoms with Gasteiger partial charge in [-0.25, -0.2) is 0 Å². The van der Waals surface area contributed by atoms with Gasteiger partial charge in [-0.3, -0.25) is 4.79 Å². The lowest BCUT2D eigenvalue weighted by molar-refractivity contribution is -0.118. The van der Waals surface area contributed by atoms with E-state index in [4.69, 9.17) is 5.73 Å². The van der Waals surface area contributed by atoms with Gasteiger partial charge in [0.2, 0.25) is 5.91 Å². The molecule has 1 rings (SSSR count). The van der Waals surface area contributed by atoms with E-state index >= 15 is 0 Å². The van der Waals surface area contributed by atoms with E-state index in [1.807, 2.05) is 0 Å². The number of aryl methyl sites for hydroxylation is 1. The average molecular weight is 234 g/mol. The van der Waals surface area contributed by atoms with Gasteiger partial charge in [-0.05, 0) is 44.4 Å². The largest absolute Gasteiger partial charge is 0.370 e. The number of nitrogens with one attached hydrogen (secondary N) is 1. The van der Waals surface area contributed by atoms with E-state index in [0.29, 0.717) is 12.5 Å². The summed E-state index contributed by atoms with van der Waals surface area (Å²) >= 11 is 0. The van der Waals surface area contributed by atoms with E-state index in [2.05, 4.69) is 43.4 Å². The summed E-state index contributed by atoms with van der Waals surface area (Å²) in [6.45, 7) is 5.21. The number of primary amides is 1. The molecule has 17 heavy (non-hydrogen) atoms. The molecule has 1 unspecified atom stereocenters. The quantitative estimate of drug-likeness (QED) is 0.711. The molecular formula is C14H22N2O. The Hall–Kier alpha value is -1.35. The lowest BCUT2D eigenvalue weighted by atomic mass is 10.0. The lowest BCUT2D eigenvalue weighted by Crippen LogP contribution is -2.21. The monoisotopic (exact) mass is 234 g/mol. The molecule has 0 aromatic heterocycles. The van der Waals surface area contributed by atoms with Gasteiger partial charge >= 0.3 is 0 Å². The first-order valence-corrected chi connectivity index (χ1v) is 6.18. The molecule has 0 saturated heterocycles. The lowest BCUT2D eigenvalue weighted by Gasteiger charge is -2.16. The molecule has 0 aliphatic heterocycles. The van der Waals surface area contributed by atoms with Crippen molar-refractivity contribution in [3.05, 3.63) is 35.4 Å². The summed E-state index contributed by atoms with van der Waals surface area (Å²) in [5.41, 5.74) is 7.73. The summed E-state index contributed by atoms with van der Waals surface area (Å²) in [7, 11) is 0. The first kappa shape index (κ1) is 13.7. The molecule has 3 heteroatoms. The van der Waals surface area contributed by atoms with Gasteiger partial charge in [0.15, 0.2) is 0 Å². The van der Waals surface area contributed by atoms with E-state index in [1.54, 1.807) is 0 Å². The Morgan fingerprint density at radius 1 is 1.35 bits per heavy atom. The van der Waals surface area contributed by atoms with Gasteiger partial charge in [0, 0.05) is 12.5 Å². The van der Waals surface area contributed by atoms with Crippen molar-refractivity contribution in [2.75, 3.05) is 6.54 Å². The molecule has 0 fully saturated rings. The number of benzene rings is 1. The number of amides is 1. The Morgan fingerprint density at radius 2 is 2.06 bits per heavy atom. The van der Waals surface area contributed by atoms with Crippen molar-refractivity contribution in [3.8, 4) is 0 Å². The van der Waals surface area contributed by atoms with Crippen LogP contribution in [0.15, 0.2) is 24.3 Å². The molecule has 94 valence electrons. The van der Waals surface area contributed by atoms with Gasteiger partial charge in [-0.1, -0.05) is 24.3 Å². The summed E-state index contributed by atoms with van der Waals surface area (Å²) in [5, 5.41) is 3.46. The molecule has 0 bridgehead atoms. The van der Waals surface area contributed by atoms with Crippen molar-refractivity contribution in [1.82, 2.24) is 5.32 Å². The summed E-state index contributed by atoms with van der Waals surface area (Å²) in [5.74, 6) is -0.211. The smallest absolute Gasteiger partial charge is 0.217 e. The van der Waals surface area contributed by atoms with Gasteiger partial charge < -0.3 is 11.1 Å². The van der Waals surface area contributed by atoms with Gasteiger partial charge in [-0.2, -0.15) is 0 Å². The molecule has 0 heterocycles. The van der Waals surface area contributed by atoms with Gasteiger partial charge in [0.25, 0.3) is 0 Å². The van der Waals surface area contributed by atoms with Crippen LogP contribution in [0.1, 0.15) is 43.4 Å². The average Bonchev–Trinajstić information content (AvgIpc) is 2.28. The SMILES string of the molecule is Cc1ccccc1C(C)NCCCCC(N)=O. The minimum absolute atomic E-state index is 0.211. The highest BCUT2D eigenvalue weighted by Crippen LogP contribution is 2.16. The summed E-state index contributed by atoms with van der Waals surface area (Å²) in [4.78, 5) is 10.6. The molecule has 0 aliphatic rings. The van der Waals surface area contributed by atoms with Crippen LogP contribution in [-0.2, 0) is 4.79 Å². The third-order valence-electron chi connectivity index (χ3n) is 2.96. The topological polar surface area (TPSA) is 55.1 Å². The Bertz CT molecular complexity index is 363. The number of hydrogen-bond donors (Lipinski definition) is 2. The zero-order valence-electron chi connectivity index (χ0n) is 10.7. The van der Waals surface area contributed by atoms with Crippen LogP contribution in [0.4, 0.5) is 0 Å². The maximum atomic E-state index is 10.6. The zero-order valence-corrected chi connectivity index (χ0v) is 10.7. The maximum Gasteiger partial charge on any atom is 0.217 e. The van der Waals surface area contributed by atoms with Crippen molar-refractivity contribution >= 4 is 5.91 Å². The van der Waals surface area contributed by atoms with Crippen molar-refractivity contribution in [1.29, 1.82) is 0 Å². The van der Waals surface area contributed by atoms with E-state index in [9.17, 15) is 4.79 Å². The van der Waals surface area contributed by atoms with Crippen molar-refractivity contribution < 1.29 is 4.79 Å². The van der Waals surface area contributed by atoms with E-state index in [0.717, 1.165) is 19.4 Å². The van der Waals surface area contributed by atoms with Gasteiger partial charge in [-0.15, -0.1) is 0 Å². The predicted molar refractivity (Wildman–Crippen MR) is 70.6 cm³/mol. The molecule has 3 nitrogen and oxygen atoms in total. The summed E-state index contributed by atoms with van der Waals surface area (Å²) < 4.78 is 0. The minimum Gasteiger partial charge on any atom is -0.370 e. The van der Waals surface area contributed by atoms with Crippen LogP contribution < -0.4 is 11.1 Å². The first-order chi connectivity index (χ1) is 8.11. The zero-order chi connectivity index (χ0) is 12.7. The molecule has 0 saturated carbocycles. The van der Waals surface area contributed by atoms with E-state index in [-0.39, 0.29) is 5.91 Å². The first-order valence-electron chi connectivity index (χ1n) is 6.18. The van der Waals surface area contributed by atoms with Crippen LogP contribution >= 0.6 is 0 Å². The second-order valence-electron chi connectivity index (χ2n) is 4.46. The number of nitrogens with two attached hydrogens (primary N) is 1. The number of rotatable bonds is 7. The summed E-state index contributed by atoms with van der Waals surface area (Å²) in [6, 6.07) is 8.74. The highest BCUT2D eigenvalue weighted by atomic mass is 16.1. The van der Waals surface area contributed by atoms with E-state index < -0.39 is 0 Å². The number of carbonyl (C=O) groups is 1. The third-order valence-corrected chi connectivity index (χ3v) is 2.96. The van der Waals surface area contributed by atoms with Crippen LogP contribution in [0.3, 0.4) is 0 Å². The van der Waals surface area contributed by atoms with Crippen LogP contribution in [-0.4, -0.2) is 12.5 Å². The van der Waals surface area contributed by atoms with Crippen LogP contribution in [0.25, 0.3) is 0 Å². The number of unbranched alkanes of at least 4 members (excludes halogenated alkanes) is 1. The standard InChI is InChI=1S/C14H22N2O/c1-11-7-3-4-8-13(11)12(2)16-10-6-5-9-14(15)17/h3-4,7-8,12,16H,5-6,9-10H2,1-2H3,(H2,15,17). The Kier molecular flexibility index (Phi) is 5.70. The fraction of sp³-hybridized carbons (Fsp3) is 0.500. The second-order valence-corrected chi connectivity index (χ2v) is 4.46. The normalized spacial score (nSPS) is 12.4. The molecule has 1 aromatic rings. The molecule has 3 N–H and O–H groups in total. The molecule has 1 atom stereocenters. The van der Waals surface area contributed by atoms with Crippen molar-refractivity contribution in [2.24, 2.45) is 5.73 Å². The molecule has 0 radical (unpaired) electrons. The number of carbonyl (C=O) groups excluding carboxylic acids is 1. The van der Waals surface area contributed by atoms with Gasteiger partial charge in [0.05, 0.1) is 0 Å². The van der Waals surface area contributed by atoms with Crippen molar-refractivity contribution in [2.45, 2.75) is 39.2 Å². The fourth-order valence-corrected chi connectivity index (χ4v) is 1.93. The maximum absolute atomic E-state index is 10.6. The van der Waals surface area contributed by atoms with Crippen LogP contribution in [0.5, 0.6) is 0 Å². The molecule has 0 aliphatic carbocycles. The minimum atomic E-state index is -0.211. The molecule has 1 amide bonds.